The fourth-order valence-electron chi connectivity index (χ4n) is 1.86. The molecule has 1 aliphatic carbocycles. The second-order valence-electron chi connectivity index (χ2n) is 3.96. The average Bonchev–Trinajstić information content (AvgIpc) is 2.36. The Kier molecular flexibility index (Phi) is 3.52. The smallest absolute Gasteiger partial charge is 0.158 e. The predicted molar refractivity (Wildman–Crippen MR) is 62.2 cm³/mol. The first-order valence-electron chi connectivity index (χ1n) is 5.60. The number of ether oxygens (including phenoxy) is 1. The summed E-state index contributed by atoms with van der Waals surface area (Å²) in [5.41, 5.74) is 6.21. The molecule has 0 spiro atoms. The van der Waals surface area contributed by atoms with Gasteiger partial charge < -0.3 is 15.8 Å². The molecule has 90 valence electrons. The van der Waals surface area contributed by atoms with Crippen LogP contribution < -0.4 is 11.1 Å². The predicted octanol–water partition coefficient (Wildman–Crippen LogP) is 0.265. The van der Waals surface area contributed by atoms with Crippen LogP contribution in [0.5, 0.6) is 0 Å². The van der Waals surface area contributed by atoms with Crippen molar-refractivity contribution in [3.05, 3.63) is 18.1 Å². The van der Waals surface area contributed by atoms with E-state index >= 15 is 0 Å². The maximum Gasteiger partial charge on any atom is 0.158 e. The summed E-state index contributed by atoms with van der Waals surface area (Å²) in [5, 5.41) is 11.8. The molecule has 1 aliphatic rings. The SMILES string of the molecule is CCOC1CC(N)C1Nc1cnc(C#N)cn1. The van der Waals surface area contributed by atoms with Crippen LogP contribution in [0, 0.1) is 11.3 Å². The lowest BCUT2D eigenvalue weighted by molar-refractivity contribution is -0.0127. The lowest BCUT2D eigenvalue weighted by Gasteiger charge is -2.42. The number of hydrogen-bond donors (Lipinski definition) is 2. The van der Waals surface area contributed by atoms with Crippen molar-refractivity contribution in [3.8, 4) is 6.07 Å². The highest BCUT2D eigenvalue weighted by Crippen LogP contribution is 2.25. The van der Waals surface area contributed by atoms with Gasteiger partial charge in [0.15, 0.2) is 5.69 Å². The molecule has 6 heteroatoms. The summed E-state index contributed by atoms with van der Waals surface area (Å²) in [6.07, 6.45) is 3.96. The van der Waals surface area contributed by atoms with Crippen LogP contribution in [0.2, 0.25) is 0 Å². The number of hydrogen-bond acceptors (Lipinski definition) is 6. The molecule has 17 heavy (non-hydrogen) atoms. The molecule has 2 rings (SSSR count). The van der Waals surface area contributed by atoms with E-state index in [4.69, 9.17) is 15.7 Å². The first kappa shape index (κ1) is 11.8. The number of anilines is 1. The molecular weight excluding hydrogens is 218 g/mol. The number of nitriles is 1. The molecule has 1 fully saturated rings. The van der Waals surface area contributed by atoms with E-state index in [1.165, 1.54) is 12.4 Å². The summed E-state index contributed by atoms with van der Waals surface area (Å²) in [7, 11) is 0. The minimum atomic E-state index is 0.0668. The van der Waals surface area contributed by atoms with Gasteiger partial charge >= 0.3 is 0 Å². The van der Waals surface area contributed by atoms with Crippen LogP contribution in [0.15, 0.2) is 12.4 Å². The molecule has 1 aromatic heterocycles. The van der Waals surface area contributed by atoms with Gasteiger partial charge in [-0.05, 0) is 13.3 Å². The first-order chi connectivity index (χ1) is 8.24. The molecule has 0 radical (unpaired) electrons. The quantitative estimate of drug-likeness (QED) is 0.774. The summed E-state index contributed by atoms with van der Waals surface area (Å²) in [4.78, 5) is 8.03. The van der Waals surface area contributed by atoms with E-state index in [-0.39, 0.29) is 18.2 Å². The lowest BCUT2D eigenvalue weighted by atomic mass is 9.83. The zero-order chi connectivity index (χ0) is 12.3. The third-order valence-electron chi connectivity index (χ3n) is 2.83. The molecule has 3 unspecified atom stereocenters. The Morgan fingerprint density at radius 2 is 2.41 bits per heavy atom. The van der Waals surface area contributed by atoms with Crippen molar-refractivity contribution in [2.24, 2.45) is 5.73 Å². The van der Waals surface area contributed by atoms with E-state index in [0.29, 0.717) is 18.1 Å². The molecule has 0 amide bonds. The molecule has 1 saturated carbocycles. The zero-order valence-electron chi connectivity index (χ0n) is 9.63. The van der Waals surface area contributed by atoms with Gasteiger partial charge in [0.1, 0.15) is 11.9 Å². The second-order valence-corrected chi connectivity index (χ2v) is 3.96. The van der Waals surface area contributed by atoms with E-state index in [2.05, 4.69) is 15.3 Å². The first-order valence-corrected chi connectivity index (χ1v) is 5.60. The van der Waals surface area contributed by atoms with E-state index in [0.717, 1.165) is 6.42 Å². The Morgan fingerprint density at radius 1 is 1.59 bits per heavy atom. The Labute approximate surface area is 99.8 Å². The fourth-order valence-corrected chi connectivity index (χ4v) is 1.86. The molecule has 6 nitrogen and oxygen atoms in total. The average molecular weight is 233 g/mol. The van der Waals surface area contributed by atoms with Crippen LogP contribution in [-0.2, 0) is 4.74 Å². The van der Waals surface area contributed by atoms with Crippen LogP contribution in [-0.4, -0.2) is 34.8 Å². The minimum absolute atomic E-state index is 0.0668. The van der Waals surface area contributed by atoms with Gasteiger partial charge in [0, 0.05) is 12.6 Å². The highest BCUT2D eigenvalue weighted by molar-refractivity contribution is 5.36. The van der Waals surface area contributed by atoms with E-state index in [1.54, 1.807) is 0 Å². The zero-order valence-corrected chi connectivity index (χ0v) is 9.63. The number of rotatable bonds is 4. The highest BCUT2D eigenvalue weighted by Gasteiger charge is 2.39. The van der Waals surface area contributed by atoms with Crippen LogP contribution in [0.1, 0.15) is 19.0 Å². The Morgan fingerprint density at radius 3 is 2.94 bits per heavy atom. The third kappa shape index (κ3) is 2.52. The van der Waals surface area contributed by atoms with Crippen molar-refractivity contribution in [1.29, 1.82) is 5.26 Å². The Bertz CT molecular complexity index is 411. The van der Waals surface area contributed by atoms with Crippen molar-refractivity contribution in [3.63, 3.8) is 0 Å². The topological polar surface area (TPSA) is 96.9 Å². The van der Waals surface area contributed by atoms with Gasteiger partial charge in [-0.25, -0.2) is 9.97 Å². The van der Waals surface area contributed by atoms with Crippen molar-refractivity contribution in [2.45, 2.75) is 31.5 Å². The molecule has 1 heterocycles. The number of nitrogens with two attached hydrogens (primary N) is 1. The van der Waals surface area contributed by atoms with Crippen LogP contribution >= 0.6 is 0 Å². The Balaban J connectivity index is 1.97. The molecule has 0 saturated heterocycles. The van der Waals surface area contributed by atoms with Crippen LogP contribution in [0.25, 0.3) is 0 Å². The van der Waals surface area contributed by atoms with Crippen molar-refractivity contribution in [1.82, 2.24) is 9.97 Å². The number of nitrogens with one attached hydrogen (secondary N) is 1. The maximum atomic E-state index is 8.61. The van der Waals surface area contributed by atoms with Crippen LogP contribution in [0.4, 0.5) is 5.82 Å². The highest BCUT2D eigenvalue weighted by atomic mass is 16.5. The standard InChI is InChI=1S/C11H15N5O/c1-2-17-9-3-8(13)11(9)16-10-6-14-7(4-12)5-15-10/h5-6,8-9,11H,2-3,13H2,1H3,(H,15,16). The van der Waals surface area contributed by atoms with Gasteiger partial charge in [0.05, 0.1) is 24.5 Å². The van der Waals surface area contributed by atoms with E-state index in [1.807, 2.05) is 13.0 Å². The van der Waals surface area contributed by atoms with Gasteiger partial charge in [-0.2, -0.15) is 5.26 Å². The van der Waals surface area contributed by atoms with Crippen molar-refractivity contribution < 1.29 is 4.74 Å². The van der Waals surface area contributed by atoms with Gasteiger partial charge in [0.2, 0.25) is 0 Å². The second kappa shape index (κ2) is 5.08. The molecule has 0 bridgehead atoms. The molecule has 3 atom stereocenters. The molecule has 0 aromatic carbocycles. The fraction of sp³-hybridized carbons (Fsp3) is 0.545. The molecule has 3 N–H and O–H groups in total. The maximum absolute atomic E-state index is 8.61. The summed E-state index contributed by atoms with van der Waals surface area (Å²) in [6.45, 7) is 2.64. The number of aromatic nitrogens is 2. The van der Waals surface area contributed by atoms with Crippen LogP contribution in [0.3, 0.4) is 0 Å². The summed E-state index contributed by atoms with van der Waals surface area (Å²) in [6, 6.07) is 2.06. The van der Waals surface area contributed by atoms with Gasteiger partial charge in [-0.1, -0.05) is 0 Å². The Hall–Kier alpha value is -1.71. The lowest BCUT2D eigenvalue weighted by Crippen LogP contribution is -2.60. The molecular formula is C11H15N5O. The molecule has 1 aromatic rings. The number of nitrogens with zero attached hydrogens (tertiary/aromatic N) is 3. The van der Waals surface area contributed by atoms with Crippen molar-refractivity contribution >= 4 is 5.82 Å². The normalized spacial score (nSPS) is 27.0. The summed E-state index contributed by atoms with van der Waals surface area (Å²) < 4.78 is 5.53. The largest absolute Gasteiger partial charge is 0.376 e. The van der Waals surface area contributed by atoms with E-state index in [9.17, 15) is 0 Å². The van der Waals surface area contributed by atoms with Gasteiger partial charge in [-0.3, -0.25) is 0 Å². The van der Waals surface area contributed by atoms with Gasteiger partial charge in [-0.15, -0.1) is 0 Å². The monoisotopic (exact) mass is 233 g/mol. The summed E-state index contributed by atoms with van der Waals surface area (Å²) in [5.74, 6) is 0.619. The minimum Gasteiger partial charge on any atom is -0.376 e. The molecule has 0 aliphatic heterocycles. The third-order valence-corrected chi connectivity index (χ3v) is 2.83. The van der Waals surface area contributed by atoms with Gasteiger partial charge in [0.25, 0.3) is 0 Å². The summed E-state index contributed by atoms with van der Waals surface area (Å²) >= 11 is 0. The van der Waals surface area contributed by atoms with E-state index < -0.39 is 0 Å². The van der Waals surface area contributed by atoms with Crippen molar-refractivity contribution in [2.75, 3.05) is 11.9 Å².